The van der Waals surface area contributed by atoms with Crippen LogP contribution >= 0.6 is 0 Å². The first-order chi connectivity index (χ1) is 16.3. The molecule has 0 aliphatic heterocycles. The van der Waals surface area contributed by atoms with Crippen molar-refractivity contribution in [3.63, 3.8) is 0 Å². The summed E-state index contributed by atoms with van der Waals surface area (Å²) >= 11 is 0. The van der Waals surface area contributed by atoms with Crippen LogP contribution in [0.3, 0.4) is 0 Å². The molecule has 0 aliphatic rings. The van der Waals surface area contributed by atoms with Crippen LogP contribution in [0.5, 0.6) is 0 Å². The molecule has 2 unspecified atom stereocenters. The largest absolute Gasteiger partial charge is 0.478 e. The normalized spacial score (nSPS) is 12.4. The fraction of sp³-hybridized carbons (Fsp3) is 0.333. The standard InChI is InChI=1S/C21H24O4.C9H12/c1-3-14(16-9-5-7-11-18(16)20(22)23)13-15(4-2)17-10-6-8-12-19(17)21(24)25;1-8(2)9-6-4-3-5-7-9/h5-12,14-15H,3-4,13H2,1-2H3,(H,22,23)(H,24,25);3-8H,1-2H3. The molecule has 2 atom stereocenters. The predicted molar refractivity (Wildman–Crippen MR) is 138 cm³/mol. The van der Waals surface area contributed by atoms with Gasteiger partial charge in [0.1, 0.15) is 0 Å². The van der Waals surface area contributed by atoms with Gasteiger partial charge in [0, 0.05) is 0 Å². The molecule has 4 heteroatoms. The van der Waals surface area contributed by atoms with Gasteiger partial charge in [-0.05, 0) is 65.8 Å². The van der Waals surface area contributed by atoms with Crippen molar-refractivity contribution in [3.05, 3.63) is 107 Å². The molecular formula is C30H36O4. The molecule has 0 aromatic heterocycles. The van der Waals surface area contributed by atoms with Crippen LogP contribution in [-0.4, -0.2) is 22.2 Å². The van der Waals surface area contributed by atoms with Crippen LogP contribution in [0.1, 0.15) is 102 Å². The summed E-state index contributed by atoms with van der Waals surface area (Å²) in [6, 6.07) is 24.7. The van der Waals surface area contributed by atoms with Gasteiger partial charge in [-0.25, -0.2) is 9.59 Å². The number of carbonyl (C=O) groups is 2. The number of carboxylic acid groups (broad SMARTS) is 2. The van der Waals surface area contributed by atoms with E-state index in [4.69, 9.17) is 0 Å². The molecule has 0 bridgehead atoms. The van der Waals surface area contributed by atoms with Crippen LogP contribution in [-0.2, 0) is 0 Å². The number of hydrogen-bond donors (Lipinski definition) is 2. The van der Waals surface area contributed by atoms with Crippen LogP contribution < -0.4 is 0 Å². The highest BCUT2D eigenvalue weighted by atomic mass is 16.4. The van der Waals surface area contributed by atoms with Crippen LogP contribution in [0.25, 0.3) is 0 Å². The summed E-state index contributed by atoms with van der Waals surface area (Å²) in [5.74, 6) is -1.05. The number of benzene rings is 3. The Morgan fingerprint density at radius 1 is 0.647 bits per heavy atom. The zero-order valence-corrected chi connectivity index (χ0v) is 20.6. The zero-order chi connectivity index (χ0) is 25.1. The second-order valence-corrected chi connectivity index (χ2v) is 8.80. The second-order valence-electron chi connectivity index (χ2n) is 8.80. The average molecular weight is 461 g/mol. The van der Waals surface area contributed by atoms with E-state index < -0.39 is 11.9 Å². The maximum Gasteiger partial charge on any atom is 0.335 e. The molecule has 3 aromatic carbocycles. The Morgan fingerprint density at radius 3 is 1.35 bits per heavy atom. The van der Waals surface area contributed by atoms with Gasteiger partial charge >= 0.3 is 11.9 Å². The molecule has 0 aliphatic carbocycles. The van der Waals surface area contributed by atoms with Crippen molar-refractivity contribution in [2.75, 3.05) is 0 Å². The number of rotatable bonds is 9. The third kappa shape index (κ3) is 7.31. The van der Waals surface area contributed by atoms with E-state index >= 15 is 0 Å². The molecule has 0 saturated carbocycles. The summed E-state index contributed by atoms with van der Waals surface area (Å²) in [5.41, 5.74) is 3.72. The van der Waals surface area contributed by atoms with Gasteiger partial charge in [-0.1, -0.05) is 94.4 Å². The first-order valence-corrected chi connectivity index (χ1v) is 12.0. The minimum absolute atomic E-state index is 0.0686. The summed E-state index contributed by atoms with van der Waals surface area (Å²) in [5, 5.41) is 18.9. The quantitative estimate of drug-likeness (QED) is 0.339. The fourth-order valence-corrected chi connectivity index (χ4v) is 4.30. The van der Waals surface area contributed by atoms with Crippen molar-refractivity contribution < 1.29 is 19.8 Å². The Balaban J connectivity index is 0.000000379. The lowest BCUT2D eigenvalue weighted by Crippen LogP contribution is -2.13. The Kier molecular flexibility index (Phi) is 10.5. The lowest BCUT2D eigenvalue weighted by Gasteiger charge is -2.24. The minimum atomic E-state index is -0.923. The van der Waals surface area contributed by atoms with E-state index in [1.807, 2.05) is 44.2 Å². The summed E-state index contributed by atoms with van der Waals surface area (Å²) in [4.78, 5) is 23.1. The molecule has 0 radical (unpaired) electrons. The van der Waals surface area contributed by atoms with Gasteiger partial charge in [0.25, 0.3) is 0 Å². The van der Waals surface area contributed by atoms with E-state index in [1.165, 1.54) is 5.56 Å². The molecular weight excluding hydrogens is 424 g/mol. The Labute approximate surface area is 203 Å². The molecule has 0 saturated heterocycles. The summed E-state index contributed by atoms with van der Waals surface area (Å²) in [6.45, 7) is 8.49. The first-order valence-electron chi connectivity index (χ1n) is 12.0. The Hall–Kier alpha value is -3.40. The van der Waals surface area contributed by atoms with E-state index in [2.05, 4.69) is 38.1 Å². The molecule has 4 nitrogen and oxygen atoms in total. The van der Waals surface area contributed by atoms with E-state index in [-0.39, 0.29) is 11.8 Å². The van der Waals surface area contributed by atoms with Gasteiger partial charge in [-0.2, -0.15) is 0 Å². The zero-order valence-electron chi connectivity index (χ0n) is 20.6. The maximum atomic E-state index is 11.5. The molecule has 0 amide bonds. The lowest BCUT2D eigenvalue weighted by atomic mass is 9.80. The van der Waals surface area contributed by atoms with Crippen molar-refractivity contribution >= 4 is 11.9 Å². The molecule has 3 aromatic rings. The van der Waals surface area contributed by atoms with Crippen LogP contribution in [0.15, 0.2) is 78.9 Å². The first kappa shape index (κ1) is 26.8. The molecule has 0 heterocycles. The van der Waals surface area contributed by atoms with Crippen molar-refractivity contribution in [2.45, 2.75) is 64.7 Å². The minimum Gasteiger partial charge on any atom is -0.478 e. The Morgan fingerprint density at radius 2 is 1.03 bits per heavy atom. The highest BCUT2D eigenvalue weighted by Gasteiger charge is 2.24. The SMILES string of the molecule is CC(C)c1ccccc1.CCC(CC(CC)c1ccccc1C(=O)O)c1ccccc1C(=O)O. The predicted octanol–water partition coefficient (Wildman–Crippen LogP) is 7.97. The lowest BCUT2D eigenvalue weighted by molar-refractivity contribution is 0.0685. The van der Waals surface area contributed by atoms with E-state index in [1.54, 1.807) is 24.3 Å². The van der Waals surface area contributed by atoms with Gasteiger partial charge in [-0.15, -0.1) is 0 Å². The van der Waals surface area contributed by atoms with E-state index in [9.17, 15) is 19.8 Å². The van der Waals surface area contributed by atoms with Gasteiger partial charge in [0.05, 0.1) is 11.1 Å². The van der Waals surface area contributed by atoms with Crippen molar-refractivity contribution in [1.29, 1.82) is 0 Å². The monoisotopic (exact) mass is 460 g/mol. The molecule has 2 N–H and O–H groups in total. The Bertz CT molecular complexity index is 993. The summed E-state index contributed by atoms with van der Waals surface area (Å²) in [7, 11) is 0. The highest BCUT2D eigenvalue weighted by Crippen LogP contribution is 2.36. The van der Waals surface area contributed by atoms with Crippen LogP contribution in [0.2, 0.25) is 0 Å². The highest BCUT2D eigenvalue weighted by molar-refractivity contribution is 5.90. The van der Waals surface area contributed by atoms with Crippen LogP contribution in [0, 0.1) is 0 Å². The topological polar surface area (TPSA) is 74.6 Å². The van der Waals surface area contributed by atoms with Gasteiger partial charge in [0.2, 0.25) is 0 Å². The maximum absolute atomic E-state index is 11.5. The number of aromatic carboxylic acids is 2. The summed E-state index contributed by atoms with van der Waals surface area (Å²) < 4.78 is 0. The molecule has 180 valence electrons. The van der Waals surface area contributed by atoms with E-state index in [0.717, 1.165) is 30.4 Å². The van der Waals surface area contributed by atoms with Crippen molar-refractivity contribution in [2.24, 2.45) is 0 Å². The van der Waals surface area contributed by atoms with Crippen molar-refractivity contribution in [1.82, 2.24) is 0 Å². The van der Waals surface area contributed by atoms with Crippen LogP contribution in [0.4, 0.5) is 0 Å². The molecule has 34 heavy (non-hydrogen) atoms. The molecule has 0 spiro atoms. The smallest absolute Gasteiger partial charge is 0.335 e. The third-order valence-corrected chi connectivity index (χ3v) is 6.28. The summed E-state index contributed by atoms with van der Waals surface area (Å²) in [6.07, 6.45) is 2.33. The molecule has 3 rings (SSSR count). The third-order valence-electron chi connectivity index (χ3n) is 6.28. The van der Waals surface area contributed by atoms with Gasteiger partial charge < -0.3 is 10.2 Å². The van der Waals surface area contributed by atoms with E-state index in [0.29, 0.717) is 17.0 Å². The van der Waals surface area contributed by atoms with Crippen molar-refractivity contribution in [3.8, 4) is 0 Å². The van der Waals surface area contributed by atoms with Gasteiger partial charge in [0.15, 0.2) is 0 Å². The fourth-order valence-electron chi connectivity index (χ4n) is 4.30. The second kappa shape index (κ2) is 13.3. The number of hydrogen-bond acceptors (Lipinski definition) is 2. The molecule has 0 fully saturated rings. The number of carboxylic acids is 2. The van der Waals surface area contributed by atoms with Gasteiger partial charge in [-0.3, -0.25) is 0 Å². The average Bonchev–Trinajstić information content (AvgIpc) is 2.86.